The van der Waals surface area contributed by atoms with Crippen molar-refractivity contribution in [2.24, 2.45) is 0 Å². The molecule has 0 aliphatic heterocycles. The van der Waals surface area contributed by atoms with Crippen molar-refractivity contribution in [1.29, 1.82) is 0 Å². The zero-order valence-corrected chi connectivity index (χ0v) is 11.6. The Labute approximate surface area is 90.2 Å². The molecule has 0 radical (unpaired) electrons. The fraction of sp³-hybridized carbons (Fsp3) is 0.889. The molecule has 3 nitrogen and oxygen atoms in total. The van der Waals surface area contributed by atoms with Crippen molar-refractivity contribution < 1.29 is 14.3 Å². The zero-order valence-electron chi connectivity index (χ0n) is 9.96. The summed E-state index contributed by atoms with van der Waals surface area (Å²) in [4.78, 5) is 11.1. The first-order valence-electron chi connectivity index (χ1n) is 4.22. The van der Waals surface area contributed by atoms with Crippen molar-refractivity contribution in [3.63, 3.8) is 0 Å². The van der Waals surface area contributed by atoms with Gasteiger partial charge in [0.1, 0.15) is 11.9 Å². The molecule has 0 N–H and O–H groups in total. The van der Waals surface area contributed by atoms with E-state index in [-0.39, 0.29) is 0 Å². The highest BCUT2D eigenvalue weighted by Gasteiger charge is 2.12. The first kappa shape index (κ1) is 14.0. The summed E-state index contributed by atoms with van der Waals surface area (Å²) in [5.41, 5.74) is 0. The summed E-state index contributed by atoms with van der Waals surface area (Å²) >= 11 is 0. The van der Waals surface area contributed by atoms with Gasteiger partial charge in [-0.05, 0) is 37.5 Å². The molecule has 0 aromatic carbocycles. The fourth-order valence-corrected chi connectivity index (χ4v) is 1.39. The maximum Gasteiger partial charge on any atom is 0.509 e. The van der Waals surface area contributed by atoms with E-state index >= 15 is 0 Å². The van der Waals surface area contributed by atoms with Crippen LogP contribution in [0.15, 0.2) is 0 Å². The van der Waals surface area contributed by atoms with Gasteiger partial charge in [0.15, 0.2) is 0 Å². The largest absolute Gasteiger partial charge is 0.509 e. The monoisotopic (exact) mass is 242 g/mol. The molecule has 0 saturated heterocycles. The van der Waals surface area contributed by atoms with E-state index in [2.05, 4.69) is 37.5 Å². The van der Waals surface area contributed by atoms with E-state index in [1.807, 2.05) is 0 Å². The van der Waals surface area contributed by atoms with Crippen LogP contribution in [0, 0.1) is 0 Å². The SMILES string of the molecule is CS(C)(C)COC(=O)OCS(C)(C)C. The number of rotatable bonds is 4. The van der Waals surface area contributed by atoms with E-state index in [1.165, 1.54) is 0 Å². The highest BCUT2D eigenvalue weighted by molar-refractivity contribution is 8.32. The van der Waals surface area contributed by atoms with Gasteiger partial charge in [-0.2, -0.15) is 0 Å². The molecule has 0 fully saturated rings. The standard InChI is InChI=1S/C9H22O3S2/c1-13(2,3)7-11-9(10)12-8-14(4,5)6/h7-8H2,1-6H3. The molecule has 0 spiro atoms. The zero-order chi connectivity index (χ0) is 11.4. The average molecular weight is 242 g/mol. The van der Waals surface area contributed by atoms with Gasteiger partial charge in [-0.25, -0.2) is 24.9 Å². The van der Waals surface area contributed by atoms with Crippen LogP contribution >= 0.6 is 20.1 Å². The Kier molecular flexibility index (Phi) is 5.15. The van der Waals surface area contributed by atoms with Crippen LogP contribution < -0.4 is 0 Å². The predicted octanol–water partition coefficient (Wildman–Crippen LogP) is 2.44. The average Bonchev–Trinajstić information content (AvgIpc) is 1.94. The third-order valence-corrected chi connectivity index (χ3v) is 2.71. The van der Waals surface area contributed by atoms with Crippen LogP contribution in [-0.2, 0) is 9.47 Å². The van der Waals surface area contributed by atoms with E-state index in [4.69, 9.17) is 9.47 Å². The molecular formula is C9H22O3S2. The summed E-state index contributed by atoms with van der Waals surface area (Å²) in [5, 5.41) is 0. The highest BCUT2D eigenvalue weighted by Crippen LogP contribution is 2.36. The van der Waals surface area contributed by atoms with Gasteiger partial charge in [0.25, 0.3) is 0 Å². The topological polar surface area (TPSA) is 35.5 Å². The molecule has 88 valence electrons. The number of ether oxygens (including phenoxy) is 2. The van der Waals surface area contributed by atoms with Crippen LogP contribution in [0.4, 0.5) is 4.79 Å². The van der Waals surface area contributed by atoms with Gasteiger partial charge >= 0.3 is 6.16 Å². The molecule has 0 rings (SSSR count). The van der Waals surface area contributed by atoms with Gasteiger partial charge < -0.3 is 9.47 Å². The maximum absolute atomic E-state index is 11.1. The Morgan fingerprint density at radius 1 is 0.857 bits per heavy atom. The Bertz CT molecular complexity index is 171. The molecule has 0 unspecified atom stereocenters. The molecule has 0 amide bonds. The van der Waals surface area contributed by atoms with Crippen LogP contribution in [0.1, 0.15) is 0 Å². The molecular weight excluding hydrogens is 220 g/mol. The minimum absolute atomic E-state index is 0.477. The minimum atomic E-state index is -0.789. The van der Waals surface area contributed by atoms with Crippen LogP contribution in [-0.4, -0.2) is 55.6 Å². The lowest BCUT2D eigenvalue weighted by atomic mass is 11.3. The fourth-order valence-electron chi connectivity index (χ4n) is 0.491. The molecule has 0 bridgehead atoms. The third kappa shape index (κ3) is 10.1. The summed E-state index contributed by atoms with van der Waals surface area (Å²) in [6, 6.07) is 0. The van der Waals surface area contributed by atoms with Crippen LogP contribution in [0.5, 0.6) is 0 Å². The lowest BCUT2D eigenvalue weighted by Crippen LogP contribution is -2.14. The first-order chi connectivity index (χ1) is 6.10. The molecule has 14 heavy (non-hydrogen) atoms. The number of carbonyl (C=O) groups excluding carboxylic acids is 1. The molecule has 5 heteroatoms. The first-order valence-corrected chi connectivity index (χ1v) is 10.3. The van der Waals surface area contributed by atoms with E-state index in [1.54, 1.807) is 0 Å². The van der Waals surface area contributed by atoms with Gasteiger partial charge in [-0.3, -0.25) is 0 Å². The molecule has 0 aromatic rings. The van der Waals surface area contributed by atoms with Crippen molar-refractivity contribution in [1.82, 2.24) is 0 Å². The Hall–Kier alpha value is -0.0300. The Morgan fingerprint density at radius 3 is 1.36 bits per heavy atom. The number of hydrogen-bond acceptors (Lipinski definition) is 3. The second kappa shape index (κ2) is 5.16. The molecule has 0 heterocycles. The lowest BCUT2D eigenvalue weighted by Gasteiger charge is -2.26. The van der Waals surface area contributed by atoms with Gasteiger partial charge in [0.05, 0.1) is 0 Å². The van der Waals surface area contributed by atoms with Crippen molar-refractivity contribution in [2.45, 2.75) is 0 Å². The molecule has 0 atom stereocenters. The van der Waals surface area contributed by atoms with E-state index in [0.717, 1.165) is 0 Å². The van der Waals surface area contributed by atoms with Crippen LogP contribution in [0.2, 0.25) is 0 Å². The van der Waals surface area contributed by atoms with E-state index < -0.39 is 26.2 Å². The minimum Gasteiger partial charge on any atom is -0.425 e. The summed E-state index contributed by atoms with van der Waals surface area (Å²) in [5.74, 6) is 0.955. The second-order valence-electron chi connectivity index (χ2n) is 4.96. The molecule has 0 aliphatic carbocycles. The highest BCUT2D eigenvalue weighted by atomic mass is 32.3. The molecule has 0 aromatic heterocycles. The van der Waals surface area contributed by atoms with Gasteiger partial charge in [0, 0.05) is 0 Å². The Morgan fingerprint density at radius 2 is 1.14 bits per heavy atom. The van der Waals surface area contributed by atoms with Crippen LogP contribution in [0.3, 0.4) is 0 Å². The predicted molar refractivity (Wildman–Crippen MR) is 68.0 cm³/mol. The molecule has 0 aliphatic rings. The van der Waals surface area contributed by atoms with Crippen molar-refractivity contribution >= 4 is 26.2 Å². The normalized spacial score (nSPS) is 14.7. The summed E-state index contributed by atoms with van der Waals surface area (Å²) in [7, 11) is -1.58. The van der Waals surface area contributed by atoms with E-state index in [0.29, 0.717) is 11.9 Å². The van der Waals surface area contributed by atoms with E-state index in [9.17, 15) is 4.79 Å². The summed E-state index contributed by atoms with van der Waals surface area (Å²) in [6.45, 7) is 0. The van der Waals surface area contributed by atoms with Gasteiger partial charge in [0.2, 0.25) is 0 Å². The smallest absolute Gasteiger partial charge is 0.425 e. The van der Waals surface area contributed by atoms with Crippen molar-refractivity contribution in [2.75, 3.05) is 49.4 Å². The summed E-state index contributed by atoms with van der Waals surface area (Å²) in [6.07, 6.45) is 12.0. The molecule has 0 saturated carbocycles. The van der Waals surface area contributed by atoms with Gasteiger partial charge in [-0.1, -0.05) is 0 Å². The van der Waals surface area contributed by atoms with Gasteiger partial charge in [-0.15, -0.1) is 0 Å². The second-order valence-corrected chi connectivity index (χ2v) is 13.8. The number of hydrogen-bond donors (Lipinski definition) is 0. The van der Waals surface area contributed by atoms with Crippen molar-refractivity contribution in [3.05, 3.63) is 0 Å². The van der Waals surface area contributed by atoms with Crippen LogP contribution in [0.25, 0.3) is 0 Å². The maximum atomic E-state index is 11.1. The third-order valence-electron chi connectivity index (χ3n) is 1.06. The van der Waals surface area contributed by atoms with Crippen molar-refractivity contribution in [3.8, 4) is 0 Å². The number of carbonyl (C=O) groups is 1. The summed E-state index contributed by atoms with van der Waals surface area (Å²) < 4.78 is 9.98. The quantitative estimate of drug-likeness (QED) is 0.710. The Balaban J connectivity index is 3.68. The lowest BCUT2D eigenvalue weighted by molar-refractivity contribution is 0.0825.